The maximum absolute atomic E-state index is 6.31. The quantitative estimate of drug-likeness (QED) is 0.218. The summed E-state index contributed by atoms with van der Waals surface area (Å²) in [6.07, 6.45) is 3.51. The van der Waals surface area contributed by atoms with Crippen LogP contribution < -0.4 is 9.80 Å². The van der Waals surface area contributed by atoms with E-state index in [1.807, 2.05) is 71.8 Å². The Morgan fingerprint density at radius 1 is 0.619 bits per heavy atom. The van der Waals surface area contributed by atoms with Gasteiger partial charge in [0, 0.05) is 28.9 Å². The van der Waals surface area contributed by atoms with Crippen LogP contribution in [0.25, 0.3) is 55.4 Å². The Kier molecular flexibility index (Phi) is 4.69. The number of para-hydroxylation sites is 4. The Morgan fingerprint density at radius 3 is 2.31 bits per heavy atom. The zero-order chi connectivity index (χ0) is 27.8. The Bertz CT molecular complexity index is 2300. The number of fused-ring (bicyclic) bond motifs is 5. The standard InChI is InChI=1S/C35H22N4O3/c1-38-27-15-6-7-16-28(27)39(35-37-32-25(19-41-34(32)42-35)21-10-3-2-4-11-21)33-29(38)18-22-12-9-14-24(31(22)36-33)26-20-40-30-17-8-5-13-23(26)30/h2-20H,1H3. The summed E-state index contributed by atoms with van der Waals surface area (Å²) >= 11 is 0. The molecule has 0 radical (unpaired) electrons. The van der Waals surface area contributed by atoms with Gasteiger partial charge in [0.15, 0.2) is 11.3 Å². The number of pyridine rings is 1. The van der Waals surface area contributed by atoms with Gasteiger partial charge in [-0.2, -0.15) is 4.98 Å². The molecule has 0 saturated carbocycles. The molecule has 1 aliphatic rings. The second-order valence-corrected chi connectivity index (χ2v) is 10.4. The van der Waals surface area contributed by atoms with Crippen molar-refractivity contribution in [3.05, 3.63) is 116 Å². The minimum absolute atomic E-state index is 0.369. The SMILES string of the molecule is CN1c2ccccc2N(c2nc3c(-c4ccccc4)coc3o2)c2nc3c(-c4coc5ccccc45)cccc3cc21. The summed E-state index contributed by atoms with van der Waals surface area (Å²) in [6, 6.07) is 35.1. The van der Waals surface area contributed by atoms with E-state index in [2.05, 4.69) is 54.4 Å². The average molecular weight is 547 g/mol. The summed E-state index contributed by atoms with van der Waals surface area (Å²) in [6.45, 7) is 0. The van der Waals surface area contributed by atoms with Gasteiger partial charge in [0.05, 0.1) is 34.4 Å². The molecule has 0 unspecified atom stereocenters. The van der Waals surface area contributed by atoms with Crippen molar-refractivity contribution in [1.82, 2.24) is 9.97 Å². The van der Waals surface area contributed by atoms with E-state index in [1.54, 1.807) is 6.26 Å². The molecule has 7 nitrogen and oxygen atoms in total. The van der Waals surface area contributed by atoms with Crippen LogP contribution in [0.4, 0.5) is 28.9 Å². The third-order valence-corrected chi connectivity index (χ3v) is 8.03. The third kappa shape index (κ3) is 3.22. The van der Waals surface area contributed by atoms with Gasteiger partial charge in [-0.15, -0.1) is 0 Å². The zero-order valence-corrected chi connectivity index (χ0v) is 22.5. The zero-order valence-electron chi connectivity index (χ0n) is 22.5. The van der Waals surface area contributed by atoms with Crippen LogP contribution in [-0.4, -0.2) is 17.0 Å². The smallest absolute Gasteiger partial charge is 0.320 e. The van der Waals surface area contributed by atoms with E-state index >= 15 is 0 Å². The van der Waals surface area contributed by atoms with Crippen LogP contribution in [0, 0.1) is 0 Å². The van der Waals surface area contributed by atoms with E-state index in [4.69, 9.17) is 23.2 Å². The largest absolute Gasteiger partial charge is 0.464 e. The number of hydrogen-bond donors (Lipinski definition) is 0. The minimum atomic E-state index is 0.369. The summed E-state index contributed by atoms with van der Waals surface area (Å²) in [5.74, 6) is 1.09. The van der Waals surface area contributed by atoms with Gasteiger partial charge >= 0.3 is 11.8 Å². The molecule has 1 aliphatic heterocycles. The first-order valence-electron chi connectivity index (χ1n) is 13.7. The maximum Gasteiger partial charge on any atom is 0.320 e. The molecule has 200 valence electrons. The van der Waals surface area contributed by atoms with E-state index < -0.39 is 0 Å². The Labute approximate surface area is 239 Å². The van der Waals surface area contributed by atoms with Gasteiger partial charge in [0.1, 0.15) is 11.8 Å². The van der Waals surface area contributed by atoms with Gasteiger partial charge in [-0.1, -0.05) is 78.9 Å². The predicted molar refractivity (Wildman–Crippen MR) is 165 cm³/mol. The summed E-state index contributed by atoms with van der Waals surface area (Å²) in [5.41, 5.74) is 9.12. The number of rotatable bonds is 3. The van der Waals surface area contributed by atoms with Crippen molar-refractivity contribution in [3.63, 3.8) is 0 Å². The van der Waals surface area contributed by atoms with E-state index in [0.717, 1.165) is 61.2 Å². The van der Waals surface area contributed by atoms with Crippen LogP contribution in [0.3, 0.4) is 0 Å². The van der Waals surface area contributed by atoms with Crippen molar-refractivity contribution >= 4 is 62.1 Å². The lowest BCUT2D eigenvalue weighted by molar-refractivity contribution is 0.479. The van der Waals surface area contributed by atoms with E-state index in [1.165, 1.54) is 0 Å². The summed E-state index contributed by atoms with van der Waals surface area (Å²) in [4.78, 5) is 14.5. The Balaban J connectivity index is 1.29. The summed E-state index contributed by atoms with van der Waals surface area (Å²) in [5, 5.41) is 2.07. The summed E-state index contributed by atoms with van der Waals surface area (Å²) in [7, 11) is 2.06. The molecule has 0 atom stereocenters. The van der Waals surface area contributed by atoms with E-state index in [-0.39, 0.29) is 0 Å². The maximum atomic E-state index is 6.31. The molecule has 0 amide bonds. The third-order valence-electron chi connectivity index (χ3n) is 8.03. The molecular formula is C35H22N4O3. The normalized spacial score (nSPS) is 12.8. The van der Waals surface area contributed by atoms with Gasteiger partial charge in [0.2, 0.25) is 0 Å². The number of benzene rings is 4. The van der Waals surface area contributed by atoms with Gasteiger partial charge < -0.3 is 18.2 Å². The molecule has 0 bridgehead atoms. The van der Waals surface area contributed by atoms with Crippen molar-refractivity contribution in [1.29, 1.82) is 0 Å². The predicted octanol–water partition coefficient (Wildman–Crippen LogP) is 9.60. The molecule has 4 aromatic heterocycles. The Morgan fingerprint density at radius 2 is 1.40 bits per heavy atom. The molecule has 0 aliphatic carbocycles. The average Bonchev–Trinajstić information content (AvgIpc) is 3.76. The van der Waals surface area contributed by atoms with E-state index in [0.29, 0.717) is 23.1 Å². The number of hydrogen-bond acceptors (Lipinski definition) is 7. The van der Waals surface area contributed by atoms with Gasteiger partial charge in [-0.3, -0.25) is 0 Å². The lowest BCUT2D eigenvalue weighted by Gasteiger charge is -2.35. The van der Waals surface area contributed by atoms with Gasteiger partial charge in [-0.05, 0) is 29.8 Å². The van der Waals surface area contributed by atoms with Gasteiger partial charge in [0.25, 0.3) is 0 Å². The highest BCUT2D eigenvalue weighted by atomic mass is 16.5. The molecule has 7 heteroatoms. The highest BCUT2D eigenvalue weighted by molar-refractivity contribution is 6.06. The number of aromatic nitrogens is 2. The van der Waals surface area contributed by atoms with Crippen LogP contribution >= 0.6 is 0 Å². The van der Waals surface area contributed by atoms with Crippen LogP contribution in [0.1, 0.15) is 0 Å². The molecule has 0 N–H and O–H groups in total. The molecule has 8 aromatic rings. The van der Waals surface area contributed by atoms with Crippen LogP contribution in [-0.2, 0) is 0 Å². The number of furan rings is 2. The van der Waals surface area contributed by atoms with Crippen LogP contribution in [0.2, 0.25) is 0 Å². The topological polar surface area (TPSA) is 71.7 Å². The second-order valence-electron chi connectivity index (χ2n) is 10.4. The molecule has 9 rings (SSSR count). The fourth-order valence-electron chi connectivity index (χ4n) is 6.00. The fourth-order valence-corrected chi connectivity index (χ4v) is 6.00. The fraction of sp³-hybridized carbons (Fsp3) is 0.0286. The number of anilines is 5. The highest BCUT2D eigenvalue weighted by Gasteiger charge is 2.33. The van der Waals surface area contributed by atoms with Crippen molar-refractivity contribution in [3.8, 4) is 22.3 Å². The van der Waals surface area contributed by atoms with Crippen molar-refractivity contribution < 1.29 is 13.3 Å². The monoisotopic (exact) mass is 546 g/mol. The first-order valence-corrected chi connectivity index (χ1v) is 13.7. The first kappa shape index (κ1) is 22.9. The minimum Gasteiger partial charge on any atom is -0.464 e. The highest BCUT2D eigenvalue weighted by Crippen LogP contribution is 2.51. The van der Waals surface area contributed by atoms with E-state index in [9.17, 15) is 0 Å². The molecular weight excluding hydrogens is 524 g/mol. The molecule has 0 saturated heterocycles. The Hall–Kier alpha value is -5.82. The molecule has 0 spiro atoms. The lowest BCUT2D eigenvalue weighted by Crippen LogP contribution is -2.25. The first-order chi connectivity index (χ1) is 20.7. The lowest BCUT2D eigenvalue weighted by atomic mass is 10.0. The van der Waals surface area contributed by atoms with Crippen molar-refractivity contribution in [2.45, 2.75) is 0 Å². The number of nitrogens with zero attached hydrogens (tertiary/aromatic N) is 4. The van der Waals surface area contributed by atoms with Gasteiger partial charge in [-0.25, -0.2) is 9.88 Å². The van der Waals surface area contributed by atoms with Crippen LogP contribution in [0.15, 0.2) is 129 Å². The molecule has 5 heterocycles. The van der Waals surface area contributed by atoms with Crippen LogP contribution in [0.5, 0.6) is 0 Å². The summed E-state index contributed by atoms with van der Waals surface area (Å²) < 4.78 is 18.1. The van der Waals surface area contributed by atoms with Crippen molar-refractivity contribution in [2.24, 2.45) is 0 Å². The molecule has 42 heavy (non-hydrogen) atoms. The number of oxazole rings is 1. The molecule has 4 aromatic carbocycles. The van der Waals surface area contributed by atoms with Crippen molar-refractivity contribution in [2.75, 3.05) is 16.8 Å². The second kappa shape index (κ2) is 8.59. The molecule has 0 fully saturated rings.